The molecule has 0 atom stereocenters. The number of rotatable bonds is 7. The first kappa shape index (κ1) is 21.8. The Bertz CT molecular complexity index is 909. The lowest BCUT2D eigenvalue weighted by Gasteiger charge is -2.13. The standard InChI is InChI=1S/C20H18F3NO5/c1-27-14-8-9-17(28-2)13(11-14)7-10-19(26)29-12-18(25)24-16-6-4-3-5-15(16)20(21,22)23/h3-11H,12H2,1-2H3,(H,24,25)/b10-7+. The van der Waals surface area contributed by atoms with Gasteiger partial charge in [-0.25, -0.2) is 4.79 Å². The summed E-state index contributed by atoms with van der Waals surface area (Å²) in [5.41, 5.74) is -0.880. The number of carbonyl (C=O) groups is 2. The van der Waals surface area contributed by atoms with E-state index in [4.69, 9.17) is 14.2 Å². The maximum Gasteiger partial charge on any atom is 0.418 e. The van der Waals surface area contributed by atoms with Crippen LogP contribution in [0.1, 0.15) is 11.1 Å². The van der Waals surface area contributed by atoms with E-state index in [-0.39, 0.29) is 0 Å². The number of para-hydroxylation sites is 1. The number of hydrogen-bond donors (Lipinski definition) is 1. The molecule has 0 saturated carbocycles. The van der Waals surface area contributed by atoms with E-state index in [0.717, 1.165) is 18.2 Å². The molecule has 2 aromatic rings. The molecule has 9 heteroatoms. The van der Waals surface area contributed by atoms with E-state index >= 15 is 0 Å². The number of nitrogens with one attached hydrogen (secondary N) is 1. The second-order valence-corrected chi connectivity index (χ2v) is 5.64. The van der Waals surface area contributed by atoms with Gasteiger partial charge in [-0.05, 0) is 36.4 Å². The van der Waals surface area contributed by atoms with Gasteiger partial charge in [0.25, 0.3) is 5.91 Å². The summed E-state index contributed by atoms with van der Waals surface area (Å²) in [5.74, 6) is -0.727. The van der Waals surface area contributed by atoms with Crippen molar-refractivity contribution in [1.82, 2.24) is 0 Å². The number of carbonyl (C=O) groups excluding carboxylic acids is 2. The van der Waals surface area contributed by atoms with Crippen molar-refractivity contribution in [3.63, 3.8) is 0 Å². The molecule has 1 amide bonds. The number of hydrogen-bond acceptors (Lipinski definition) is 5. The highest BCUT2D eigenvalue weighted by atomic mass is 19.4. The van der Waals surface area contributed by atoms with Gasteiger partial charge in [-0.15, -0.1) is 0 Å². The summed E-state index contributed by atoms with van der Waals surface area (Å²) in [6.07, 6.45) is -2.16. The normalized spacial score (nSPS) is 11.2. The molecule has 29 heavy (non-hydrogen) atoms. The molecule has 0 unspecified atom stereocenters. The summed E-state index contributed by atoms with van der Waals surface area (Å²) < 4.78 is 53.8. The van der Waals surface area contributed by atoms with Crippen LogP contribution in [0.5, 0.6) is 11.5 Å². The van der Waals surface area contributed by atoms with Gasteiger partial charge in [-0.1, -0.05) is 12.1 Å². The maximum absolute atomic E-state index is 12.9. The van der Waals surface area contributed by atoms with E-state index in [2.05, 4.69) is 5.32 Å². The second kappa shape index (κ2) is 9.63. The van der Waals surface area contributed by atoms with Gasteiger partial charge < -0.3 is 19.5 Å². The number of alkyl halides is 3. The van der Waals surface area contributed by atoms with Gasteiger partial charge in [0, 0.05) is 11.6 Å². The van der Waals surface area contributed by atoms with E-state index in [0.29, 0.717) is 17.1 Å². The molecule has 0 bridgehead atoms. The van der Waals surface area contributed by atoms with E-state index in [1.165, 1.54) is 32.4 Å². The molecule has 2 aromatic carbocycles. The number of methoxy groups -OCH3 is 2. The smallest absolute Gasteiger partial charge is 0.418 e. The molecular formula is C20H18F3NO5. The Morgan fingerprint density at radius 3 is 2.45 bits per heavy atom. The summed E-state index contributed by atoms with van der Waals surface area (Å²) in [6, 6.07) is 9.46. The molecule has 0 saturated heterocycles. The van der Waals surface area contributed by atoms with Crippen molar-refractivity contribution in [2.24, 2.45) is 0 Å². The topological polar surface area (TPSA) is 73.9 Å². The second-order valence-electron chi connectivity index (χ2n) is 5.64. The SMILES string of the molecule is COc1ccc(OC)c(/C=C/C(=O)OCC(=O)Nc2ccccc2C(F)(F)F)c1. The predicted molar refractivity (Wildman–Crippen MR) is 99.6 cm³/mol. The zero-order chi connectivity index (χ0) is 21.4. The number of amides is 1. The Morgan fingerprint density at radius 1 is 1.07 bits per heavy atom. The van der Waals surface area contributed by atoms with Crippen LogP contribution in [0.3, 0.4) is 0 Å². The maximum atomic E-state index is 12.9. The molecule has 0 radical (unpaired) electrons. The zero-order valence-corrected chi connectivity index (χ0v) is 15.6. The van der Waals surface area contributed by atoms with Crippen LogP contribution in [-0.4, -0.2) is 32.7 Å². The molecular weight excluding hydrogens is 391 g/mol. The lowest BCUT2D eigenvalue weighted by Crippen LogP contribution is -2.22. The minimum absolute atomic E-state index is 0.419. The van der Waals surface area contributed by atoms with Crippen molar-refractivity contribution < 1.29 is 37.0 Å². The summed E-state index contributed by atoms with van der Waals surface area (Å²) in [4.78, 5) is 23.7. The third-order valence-electron chi connectivity index (χ3n) is 3.69. The van der Waals surface area contributed by atoms with Crippen LogP contribution in [0.15, 0.2) is 48.5 Å². The molecule has 6 nitrogen and oxygen atoms in total. The molecule has 0 heterocycles. The monoisotopic (exact) mass is 409 g/mol. The molecule has 0 aliphatic rings. The average Bonchev–Trinajstić information content (AvgIpc) is 2.70. The van der Waals surface area contributed by atoms with E-state index in [9.17, 15) is 22.8 Å². The third-order valence-corrected chi connectivity index (χ3v) is 3.69. The quantitative estimate of drug-likeness (QED) is 0.554. The fourth-order valence-electron chi connectivity index (χ4n) is 2.34. The number of ether oxygens (including phenoxy) is 3. The first-order valence-electron chi connectivity index (χ1n) is 8.27. The van der Waals surface area contributed by atoms with Crippen molar-refractivity contribution in [2.45, 2.75) is 6.18 Å². The Balaban J connectivity index is 1.97. The largest absolute Gasteiger partial charge is 0.497 e. The van der Waals surface area contributed by atoms with Gasteiger partial charge >= 0.3 is 12.1 Å². The highest BCUT2D eigenvalue weighted by molar-refractivity contribution is 5.95. The first-order chi connectivity index (χ1) is 13.7. The van der Waals surface area contributed by atoms with E-state index in [1.54, 1.807) is 18.2 Å². The lowest BCUT2D eigenvalue weighted by molar-refractivity contribution is -0.142. The van der Waals surface area contributed by atoms with Crippen LogP contribution >= 0.6 is 0 Å². The van der Waals surface area contributed by atoms with Crippen molar-refractivity contribution in [2.75, 3.05) is 26.1 Å². The average molecular weight is 409 g/mol. The third kappa shape index (κ3) is 6.27. The predicted octanol–water partition coefficient (Wildman–Crippen LogP) is 3.92. The minimum atomic E-state index is -4.63. The van der Waals surface area contributed by atoms with Crippen LogP contribution in [0.2, 0.25) is 0 Å². The molecule has 0 spiro atoms. The fraction of sp³-hybridized carbons (Fsp3) is 0.200. The highest BCUT2D eigenvalue weighted by Gasteiger charge is 2.33. The number of benzene rings is 2. The van der Waals surface area contributed by atoms with E-state index < -0.39 is 35.9 Å². The summed E-state index contributed by atoms with van der Waals surface area (Å²) in [6.45, 7) is -0.745. The van der Waals surface area contributed by atoms with Gasteiger partial charge in [0.2, 0.25) is 0 Å². The van der Waals surface area contributed by atoms with Crippen LogP contribution < -0.4 is 14.8 Å². The molecule has 0 aliphatic heterocycles. The molecule has 1 N–H and O–H groups in total. The first-order valence-corrected chi connectivity index (χ1v) is 8.27. The number of esters is 1. The molecule has 0 aromatic heterocycles. The van der Waals surface area contributed by atoms with Crippen LogP contribution in [0, 0.1) is 0 Å². The number of halogens is 3. The van der Waals surface area contributed by atoms with Crippen LogP contribution in [-0.2, 0) is 20.5 Å². The van der Waals surface area contributed by atoms with Crippen molar-refractivity contribution in [1.29, 1.82) is 0 Å². The van der Waals surface area contributed by atoms with Gasteiger partial charge in [-0.2, -0.15) is 13.2 Å². The molecule has 2 rings (SSSR count). The molecule has 154 valence electrons. The van der Waals surface area contributed by atoms with E-state index in [1.807, 2.05) is 0 Å². The summed E-state index contributed by atoms with van der Waals surface area (Å²) >= 11 is 0. The van der Waals surface area contributed by atoms with Crippen molar-refractivity contribution >= 4 is 23.6 Å². The Kier molecular flexibility index (Phi) is 7.24. The highest BCUT2D eigenvalue weighted by Crippen LogP contribution is 2.34. The Hall–Kier alpha value is -3.49. The Morgan fingerprint density at radius 2 is 1.79 bits per heavy atom. The van der Waals surface area contributed by atoms with Gasteiger partial charge in [0.05, 0.1) is 25.5 Å². The Labute approximate surface area is 164 Å². The molecule has 0 fully saturated rings. The minimum Gasteiger partial charge on any atom is -0.497 e. The number of anilines is 1. The van der Waals surface area contributed by atoms with Crippen molar-refractivity contribution in [3.05, 3.63) is 59.7 Å². The van der Waals surface area contributed by atoms with Crippen LogP contribution in [0.4, 0.5) is 18.9 Å². The van der Waals surface area contributed by atoms with Gasteiger partial charge in [-0.3, -0.25) is 4.79 Å². The summed E-state index contributed by atoms with van der Waals surface area (Å²) in [5, 5.41) is 2.08. The van der Waals surface area contributed by atoms with Crippen molar-refractivity contribution in [3.8, 4) is 11.5 Å². The van der Waals surface area contributed by atoms with Crippen LogP contribution in [0.25, 0.3) is 6.08 Å². The van der Waals surface area contributed by atoms with Gasteiger partial charge in [0.1, 0.15) is 11.5 Å². The zero-order valence-electron chi connectivity index (χ0n) is 15.6. The lowest BCUT2D eigenvalue weighted by atomic mass is 10.1. The molecule has 0 aliphatic carbocycles. The fourth-order valence-corrected chi connectivity index (χ4v) is 2.34. The van der Waals surface area contributed by atoms with Gasteiger partial charge in [0.15, 0.2) is 6.61 Å². The summed E-state index contributed by atoms with van der Waals surface area (Å²) in [7, 11) is 2.94.